The first-order valence-corrected chi connectivity index (χ1v) is 6.79. The molecule has 0 aliphatic carbocycles. The van der Waals surface area contributed by atoms with Crippen LogP contribution in [0, 0.1) is 0 Å². The van der Waals surface area contributed by atoms with Crippen molar-refractivity contribution in [3.8, 4) is 0 Å². The van der Waals surface area contributed by atoms with E-state index in [1.165, 1.54) is 0 Å². The zero-order valence-corrected chi connectivity index (χ0v) is 12.3. The molecule has 2 amide bonds. The van der Waals surface area contributed by atoms with Gasteiger partial charge < -0.3 is 14.5 Å². The van der Waals surface area contributed by atoms with Gasteiger partial charge in [-0.1, -0.05) is 0 Å². The lowest BCUT2D eigenvalue weighted by Crippen LogP contribution is -2.51. The third kappa shape index (κ3) is 4.80. The van der Waals surface area contributed by atoms with Crippen LogP contribution in [0.2, 0.25) is 0 Å². The molecule has 1 N–H and O–H groups in total. The van der Waals surface area contributed by atoms with Crippen molar-refractivity contribution in [1.29, 1.82) is 0 Å². The topological polar surface area (TPSA) is 61.9 Å². The molecular formula is C13H25N3O3. The van der Waals surface area contributed by atoms with Crippen LogP contribution in [0.1, 0.15) is 20.8 Å². The number of amides is 2. The lowest BCUT2D eigenvalue weighted by Gasteiger charge is -2.30. The lowest BCUT2D eigenvalue weighted by molar-refractivity contribution is -0.137. The van der Waals surface area contributed by atoms with Gasteiger partial charge in [-0.25, -0.2) is 0 Å². The lowest BCUT2D eigenvalue weighted by atomic mass is 10.2. The molecule has 1 heterocycles. The van der Waals surface area contributed by atoms with Gasteiger partial charge in [-0.3, -0.25) is 14.9 Å². The summed E-state index contributed by atoms with van der Waals surface area (Å²) in [5.41, 5.74) is 0. The maximum atomic E-state index is 12.1. The minimum absolute atomic E-state index is 0.00312. The zero-order valence-electron chi connectivity index (χ0n) is 12.3. The van der Waals surface area contributed by atoms with Crippen LogP contribution in [0.25, 0.3) is 0 Å². The molecule has 1 atom stereocenters. The molecule has 0 aromatic rings. The van der Waals surface area contributed by atoms with Crippen LogP contribution in [-0.2, 0) is 14.3 Å². The molecule has 1 unspecified atom stereocenters. The number of likely N-dealkylation sites (N-methyl/N-ethyl adjacent to an activating group) is 1. The first kappa shape index (κ1) is 15.9. The largest absolute Gasteiger partial charge is 0.378 e. The molecule has 0 saturated carbocycles. The number of nitrogens with one attached hydrogen (secondary N) is 1. The number of hydrogen-bond donors (Lipinski definition) is 1. The fraction of sp³-hybridized carbons (Fsp3) is 0.846. The fourth-order valence-corrected chi connectivity index (χ4v) is 1.80. The van der Waals surface area contributed by atoms with Crippen LogP contribution in [0.4, 0.5) is 0 Å². The molecule has 1 saturated heterocycles. The van der Waals surface area contributed by atoms with Crippen LogP contribution in [0.3, 0.4) is 0 Å². The molecule has 6 heteroatoms. The molecule has 110 valence electrons. The Labute approximate surface area is 115 Å². The van der Waals surface area contributed by atoms with Gasteiger partial charge in [-0.2, -0.15) is 0 Å². The Morgan fingerprint density at radius 1 is 1.26 bits per heavy atom. The van der Waals surface area contributed by atoms with Crippen molar-refractivity contribution < 1.29 is 14.3 Å². The summed E-state index contributed by atoms with van der Waals surface area (Å²) >= 11 is 0. The number of ether oxygens (including phenoxy) is 1. The standard InChI is InChI=1S/C13H25N3O3/c1-10(2)15(4)12(17)9-14-11(3)13(18)16-5-7-19-8-6-16/h10-11,14H,5-9H2,1-4H3. The highest BCUT2D eigenvalue weighted by Crippen LogP contribution is 2.01. The highest BCUT2D eigenvalue weighted by molar-refractivity contribution is 5.83. The molecule has 1 aliphatic rings. The molecule has 1 aliphatic heterocycles. The predicted molar refractivity (Wildman–Crippen MR) is 72.8 cm³/mol. The van der Waals surface area contributed by atoms with E-state index in [4.69, 9.17) is 4.74 Å². The maximum Gasteiger partial charge on any atom is 0.239 e. The van der Waals surface area contributed by atoms with Crippen molar-refractivity contribution >= 4 is 11.8 Å². The van der Waals surface area contributed by atoms with Gasteiger partial charge in [0.05, 0.1) is 25.8 Å². The first-order valence-electron chi connectivity index (χ1n) is 6.79. The molecule has 0 aromatic heterocycles. The number of carbonyl (C=O) groups excluding carboxylic acids is 2. The van der Waals surface area contributed by atoms with Crippen molar-refractivity contribution in [2.24, 2.45) is 0 Å². The van der Waals surface area contributed by atoms with Crippen molar-refractivity contribution in [2.45, 2.75) is 32.9 Å². The smallest absolute Gasteiger partial charge is 0.239 e. The summed E-state index contributed by atoms with van der Waals surface area (Å²) in [5.74, 6) is 0.0277. The van der Waals surface area contributed by atoms with Crippen LogP contribution in [-0.4, -0.2) is 73.6 Å². The molecule has 1 fully saturated rings. The minimum atomic E-state index is -0.345. The van der Waals surface area contributed by atoms with Gasteiger partial charge in [0.15, 0.2) is 0 Å². The van der Waals surface area contributed by atoms with Crippen LogP contribution in [0.5, 0.6) is 0 Å². The van der Waals surface area contributed by atoms with E-state index in [0.717, 1.165) is 0 Å². The third-order valence-electron chi connectivity index (χ3n) is 3.42. The van der Waals surface area contributed by atoms with Crippen LogP contribution < -0.4 is 5.32 Å². The molecule has 0 spiro atoms. The van der Waals surface area contributed by atoms with E-state index in [1.54, 1.807) is 23.8 Å². The Kier molecular flexibility index (Phi) is 6.24. The third-order valence-corrected chi connectivity index (χ3v) is 3.42. The quantitative estimate of drug-likeness (QED) is 0.745. The molecule has 6 nitrogen and oxygen atoms in total. The summed E-state index contributed by atoms with van der Waals surface area (Å²) in [6.07, 6.45) is 0. The zero-order chi connectivity index (χ0) is 14.4. The first-order chi connectivity index (χ1) is 8.93. The van der Waals surface area contributed by atoms with Gasteiger partial charge in [-0.15, -0.1) is 0 Å². The summed E-state index contributed by atoms with van der Waals surface area (Å²) in [7, 11) is 1.77. The van der Waals surface area contributed by atoms with Crippen molar-refractivity contribution in [3.05, 3.63) is 0 Å². The van der Waals surface area contributed by atoms with Crippen molar-refractivity contribution in [1.82, 2.24) is 15.1 Å². The Morgan fingerprint density at radius 2 is 1.84 bits per heavy atom. The molecular weight excluding hydrogens is 246 g/mol. The highest BCUT2D eigenvalue weighted by Gasteiger charge is 2.23. The monoisotopic (exact) mass is 271 g/mol. The SMILES string of the molecule is CC(NCC(=O)N(C)C(C)C)C(=O)N1CCOCC1. The van der Waals surface area contributed by atoms with E-state index >= 15 is 0 Å². The van der Waals surface area contributed by atoms with E-state index in [0.29, 0.717) is 26.3 Å². The van der Waals surface area contributed by atoms with Gasteiger partial charge in [-0.05, 0) is 20.8 Å². The molecule has 19 heavy (non-hydrogen) atoms. The average Bonchev–Trinajstić information content (AvgIpc) is 2.43. The van der Waals surface area contributed by atoms with Gasteiger partial charge in [0.1, 0.15) is 0 Å². The second-order valence-corrected chi connectivity index (χ2v) is 5.14. The number of carbonyl (C=O) groups is 2. The number of nitrogens with zero attached hydrogens (tertiary/aromatic N) is 2. The Balaban J connectivity index is 2.35. The summed E-state index contributed by atoms with van der Waals surface area (Å²) in [5, 5.41) is 2.99. The summed E-state index contributed by atoms with van der Waals surface area (Å²) < 4.78 is 5.21. The summed E-state index contributed by atoms with van der Waals surface area (Å²) in [6, 6.07) is -0.179. The number of morpholine rings is 1. The fourth-order valence-electron chi connectivity index (χ4n) is 1.80. The Bertz CT molecular complexity index is 314. The molecule has 0 radical (unpaired) electrons. The van der Waals surface area contributed by atoms with Crippen molar-refractivity contribution in [3.63, 3.8) is 0 Å². The van der Waals surface area contributed by atoms with Gasteiger partial charge in [0, 0.05) is 26.2 Å². The van der Waals surface area contributed by atoms with Crippen LogP contribution in [0.15, 0.2) is 0 Å². The summed E-state index contributed by atoms with van der Waals surface area (Å²) in [6.45, 7) is 8.34. The van der Waals surface area contributed by atoms with Gasteiger partial charge in [0.25, 0.3) is 0 Å². The minimum Gasteiger partial charge on any atom is -0.378 e. The van der Waals surface area contributed by atoms with E-state index in [-0.39, 0.29) is 30.4 Å². The van der Waals surface area contributed by atoms with Crippen molar-refractivity contribution in [2.75, 3.05) is 39.9 Å². The highest BCUT2D eigenvalue weighted by atomic mass is 16.5. The Hall–Kier alpha value is -1.14. The maximum absolute atomic E-state index is 12.1. The summed E-state index contributed by atoms with van der Waals surface area (Å²) in [4.78, 5) is 27.3. The molecule has 1 rings (SSSR count). The van der Waals surface area contributed by atoms with Gasteiger partial charge in [0.2, 0.25) is 11.8 Å². The molecule has 0 aromatic carbocycles. The molecule has 0 bridgehead atoms. The van der Waals surface area contributed by atoms with E-state index in [2.05, 4.69) is 5.32 Å². The number of hydrogen-bond acceptors (Lipinski definition) is 4. The van der Waals surface area contributed by atoms with E-state index < -0.39 is 0 Å². The van der Waals surface area contributed by atoms with E-state index in [9.17, 15) is 9.59 Å². The predicted octanol–water partition coefficient (Wildman–Crippen LogP) is -0.310. The number of rotatable bonds is 5. The second-order valence-electron chi connectivity index (χ2n) is 5.14. The van der Waals surface area contributed by atoms with Gasteiger partial charge >= 0.3 is 0 Å². The van der Waals surface area contributed by atoms with E-state index in [1.807, 2.05) is 13.8 Å². The average molecular weight is 271 g/mol. The van der Waals surface area contributed by atoms with Crippen LogP contribution >= 0.6 is 0 Å². The second kappa shape index (κ2) is 7.45. The Morgan fingerprint density at radius 3 is 2.37 bits per heavy atom. The normalized spacial score (nSPS) is 17.4.